The molecule has 0 aliphatic heterocycles. The number of amides is 2. The smallest absolute Gasteiger partial charge is 0.336 e. The molecule has 4 N–H and O–H groups in total. The third kappa shape index (κ3) is 5.10. The number of aromatic carboxylic acids is 2. The molecule has 0 heterocycles. The average molecular weight is 452 g/mol. The van der Waals surface area contributed by atoms with Gasteiger partial charge in [-0.15, -0.1) is 12.8 Å². The molecule has 8 heteroatoms. The Hall–Kier alpha value is -5.34. The van der Waals surface area contributed by atoms with Crippen LogP contribution in [0.5, 0.6) is 0 Å². The molecule has 0 aromatic heterocycles. The molecule has 0 radical (unpaired) electrons. The standard InChI is InChI=1S/C26H16N2O6/c1-3-15-7-5-9-17(11-15)27-23(29)19-13-22(26(33)34)20(14-21(19)25(31)32)24(30)28-18-10-6-8-16(4-2)12-18/h1-2,5-14H,(H,27,29)(H,28,30)(H,31,32)(H,33,34). The van der Waals surface area contributed by atoms with Crippen LogP contribution in [-0.4, -0.2) is 34.0 Å². The summed E-state index contributed by atoms with van der Waals surface area (Å²) < 4.78 is 0. The Morgan fingerprint density at radius 1 is 0.618 bits per heavy atom. The topological polar surface area (TPSA) is 133 Å². The minimum atomic E-state index is -1.53. The van der Waals surface area contributed by atoms with Crippen molar-refractivity contribution in [1.29, 1.82) is 0 Å². The highest BCUT2D eigenvalue weighted by atomic mass is 16.4. The Bertz CT molecular complexity index is 1320. The summed E-state index contributed by atoms with van der Waals surface area (Å²) in [6, 6.07) is 14.2. The fourth-order valence-corrected chi connectivity index (χ4v) is 3.10. The molecule has 2 amide bonds. The zero-order chi connectivity index (χ0) is 24.8. The molecule has 0 saturated heterocycles. The Morgan fingerprint density at radius 2 is 1.00 bits per heavy atom. The molecule has 0 spiro atoms. The predicted molar refractivity (Wildman–Crippen MR) is 125 cm³/mol. The van der Waals surface area contributed by atoms with Crippen molar-refractivity contribution < 1.29 is 29.4 Å². The van der Waals surface area contributed by atoms with E-state index in [9.17, 15) is 29.4 Å². The van der Waals surface area contributed by atoms with Crippen molar-refractivity contribution in [1.82, 2.24) is 0 Å². The molecule has 0 aliphatic carbocycles. The number of carbonyl (C=O) groups excluding carboxylic acids is 2. The van der Waals surface area contributed by atoms with Crippen molar-refractivity contribution >= 4 is 35.1 Å². The van der Waals surface area contributed by atoms with Gasteiger partial charge in [-0.25, -0.2) is 9.59 Å². The third-order valence-electron chi connectivity index (χ3n) is 4.68. The molecule has 0 saturated carbocycles. The average Bonchev–Trinajstić information content (AvgIpc) is 2.83. The SMILES string of the molecule is C#Cc1cccc(NC(=O)c2cc(C(=O)O)c(C(=O)Nc3cccc(C#C)c3)cc2C(=O)O)c1. The van der Waals surface area contributed by atoms with E-state index < -0.39 is 46.0 Å². The largest absolute Gasteiger partial charge is 0.478 e. The lowest BCUT2D eigenvalue weighted by Crippen LogP contribution is -2.22. The van der Waals surface area contributed by atoms with Crippen LogP contribution >= 0.6 is 0 Å². The second kappa shape index (κ2) is 9.86. The molecular weight excluding hydrogens is 436 g/mol. The first-order chi connectivity index (χ1) is 16.2. The zero-order valence-corrected chi connectivity index (χ0v) is 17.5. The van der Waals surface area contributed by atoms with Crippen LogP contribution in [0.25, 0.3) is 0 Å². The van der Waals surface area contributed by atoms with Crippen LogP contribution in [-0.2, 0) is 0 Å². The Labute approximate surface area is 194 Å². The molecule has 0 aliphatic rings. The molecule has 0 atom stereocenters. The lowest BCUT2D eigenvalue weighted by Gasteiger charge is -2.13. The summed E-state index contributed by atoms with van der Waals surface area (Å²) in [6.07, 6.45) is 10.7. The van der Waals surface area contributed by atoms with Gasteiger partial charge in [-0.2, -0.15) is 0 Å². The molecular formula is C26H16N2O6. The summed E-state index contributed by atoms with van der Waals surface area (Å²) in [5, 5.41) is 24.3. The van der Waals surface area contributed by atoms with Gasteiger partial charge < -0.3 is 20.8 Å². The van der Waals surface area contributed by atoms with Gasteiger partial charge in [0.05, 0.1) is 22.3 Å². The van der Waals surface area contributed by atoms with Gasteiger partial charge in [-0.3, -0.25) is 9.59 Å². The maximum Gasteiger partial charge on any atom is 0.336 e. The molecule has 3 aromatic rings. The van der Waals surface area contributed by atoms with E-state index in [0.29, 0.717) is 11.1 Å². The summed E-state index contributed by atoms with van der Waals surface area (Å²) in [5.41, 5.74) is -0.486. The van der Waals surface area contributed by atoms with Crippen molar-refractivity contribution in [2.24, 2.45) is 0 Å². The van der Waals surface area contributed by atoms with Crippen LogP contribution < -0.4 is 10.6 Å². The fraction of sp³-hybridized carbons (Fsp3) is 0. The predicted octanol–water partition coefficient (Wildman–Crippen LogP) is 3.55. The van der Waals surface area contributed by atoms with E-state index in [0.717, 1.165) is 12.1 Å². The third-order valence-corrected chi connectivity index (χ3v) is 4.68. The van der Waals surface area contributed by atoms with Gasteiger partial charge in [0.2, 0.25) is 0 Å². The van der Waals surface area contributed by atoms with Gasteiger partial charge in [0.15, 0.2) is 0 Å². The van der Waals surface area contributed by atoms with Gasteiger partial charge in [-0.1, -0.05) is 24.0 Å². The van der Waals surface area contributed by atoms with E-state index >= 15 is 0 Å². The molecule has 0 bridgehead atoms. The first kappa shape index (κ1) is 23.3. The molecule has 0 unspecified atom stereocenters. The van der Waals surface area contributed by atoms with Crippen LogP contribution in [0.1, 0.15) is 52.6 Å². The number of rotatable bonds is 6. The van der Waals surface area contributed by atoms with Crippen LogP contribution in [0.15, 0.2) is 60.7 Å². The number of nitrogens with one attached hydrogen (secondary N) is 2. The van der Waals surface area contributed by atoms with Crippen molar-refractivity contribution in [3.63, 3.8) is 0 Å². The maximum absolute atomic E-state index is 12.8. The normalized spacial score (nSPS) is 9.82. The highest BCUT2D eigenvalue weighted by Crippen LogP contribution is 2.22. The first-order valence-corrected chi connectivity index (χ1v) is 9.64. The zero-order valence-electron chi connectivity index (χ0n) is 17.5. The number of benzene rings is 3. The van der Waals surface area contributed by atoms with Crippen molar-refractivity contribution in [3.05, 3.63) is 94.0 Å². The monoisotopic (exact) mass is 452 g/mol. The summed E-state index contributed by atoms with van der Waals surface area (Å²) in [7, 11) is 0. The first-order valence-electron chi connectivity index (χ1n) is 9.64. The number of carbonyl (C=O) groups is 4. The fourth-order valence-electron chi connectivity index (χ4n) is 3.10. The van der Waals surface area contributed by atoms with E-state index in [1.54, 1.807) is 24.3 Å². The molecule has 8 nitrogen and oxygen atoms in total. The highest BCUT2D eigenvalue weighted by molar-refractivity contribution is 6.16. The van der Waals surface area contributed by atoms with Crippen molar-refractivity contribution in [3.8, 4) is 24.7 Å². The molecule has 0 fully saturated rings. The van der Waals surface area contributed by atoms with Crippen LogP contribution in [0.3, 0.4) is 0 Å². The summed E-state index contributed by atoms with van der Waals surface area (Å²) in [4.78, 5) is 49.4. The van der Waals surface area contributed by atoms with Gasteiger partial charge in [-0.05, 0) is 48.5 Å². The number of carboxylic acids is 2. The molecule has 34 heavy (non-hydrogen) atoms. The highest BCUT2D eigenvalue weighted by Gasteiger charge is 2.26. The second-order valence-electron chi connectivity index (χ2n) is 6.91. The molecule has 3 aromatic carbocycles. The number of anilines is 2. The summed E-state index contributed by atoms with van der Waals surface area (Å²) in [6.45, 7) is 0. The maximum atomic E-state index is 12.8. The number of carboxylic acid groups (broad SMARTS) is 2. The summed E-state index contributed by atoms with van der Waals surface area (Å²) in [5.74, 6) is -0.0178. The van der Waals surface area contributed by atoms with Gasteiger partial charge in [0.1, 0.15) is 0 Å². The van der Waals surface area contributed by atoms with Crippen LogP contribution in [0.4, 0.5) is 11.4 Å². The number of hydrogen-bond donors (Lipinski definition) is 4. The minimum Gasteiger partial charge on any atom is -0.478 e. The van der Waals surface area contributed by atoms with E-state index in [1.807, 2.05) is 0 Å². The molecule has 166 valence electrons. The van der Waals surface area contributed by atoms with Gasteiger partial charge in [0, 0.05) is 22.5 Å². The second-order valence-corrected chi connectivity index (χ2v) is 6.91. The Kier molecular flexibility index (Phi) is 6.76. The van der Waals surface area contributed by atoms with Crippen LogP contribution in [0, 0.1) is 24.7 Å². The molecule has 3 rings (SSSR count). The summed E-state index contributed by atoms with van der Waals surface area (Å²) >= 11 is 0. The van der Waals surface area contributed by atoms with Crippen LogP contribution in [0.2, 0.25) is 0 Å². The Balaban J connectivity index is 2.03. The van der Waals surface area contributed by atoms with Crippen molar-refractivity contribution in [2.75, 3.05) is 10.6 Å². The quantitative estimate of drug-likeness (QED) is 0.423. The van der Waals surface area contributed by atoms with Crippen molar-refractivity contribution in [2.45, 2.75) is 0 Å². The number of terminal acetylenes is 2. The number of hydrogen-bond acceptors (Lipinski definition) is 4. The van der Waals surface area contributed by atoms with E-state index in [4.69, 9.17) is 12.8 Å². The van der Waals surface area contributed by atoms with Gasteiger partial charge in [0.25, 0.3) is 11.8 Å². The van der Waals surface area contributed by atoms with E-state index in [-0.39, 0.29) is 11.4 Å². The van der Waals surface area contributed by atoms with E-state index in [2.05, 4.69) is 22.5 Å². The van der Waals surface area contributed by atoms with Gasteiger partial charge >= 0.3 is 11.9 Å². The lowest BCUT2D eigenvalue weighted by molar-refractivity contribution is 0.0677. The van der Waals surface area contributed by atoms with E-state index in [1.165, 1.54) is 24.3 Å². The Morgan fingerprint density at radius 3 is 1.32 bits per heavy atom. The minimum absolute atomic E-state index is 0.281. The lowest BCUT2D eigenvalue weighted by atomic mass is 9.96.